The number of carbonyl (C=O) groups is 3. The Kier molecular flexibility index (Phi) is 6.23. The van der Waals surface area contributed by atoms with E-state index in [1.165, 1.54) is 4.90 Å². The van der Waals surface area contributed by atoms with Gasteiger partial charge < -0.3 is 25.5 Å². The molecule has 0 aliphatic carbocycles. The van der Waals surface area contributed by atoms with Crippen LogP contribution in [0, 0.1) is 5.92 Å². The maximum atomic E-state index is 11.9. The summed E-state index contributed by atoms with van der Waals surface area (Å²) in [5.74, 6) is -2.17. The Bertz CT molecular complexity index is 365. The van der Waals surface area contributed by atoms with Crippen LogP contribution in [0.3, 0.4) is 0 Å². The van der Waals surface area contributed by atoms with Crippen LogP contribution in [0.25, 0.3) is 0 Å². The number of likely N-dealkylation sites (tertiary alicyclic amines) is 1. The highest BCUT2D eigenvalue weighted by Crippen LogP contribution is 2.16. The Morgan fingerprint density at radius 3 is 2.25 bits per heavy atom. The molecule has 1 heterocycles. The van der Waals surface area contributed by atoms with Crippen LogP contribution >= 0.6 is 0 Å². The van der Waals surface area contributed by atoms with E-state index >= 15 is 0 Å². The first kappa shape index (κ1) is 16.2. The molecule has 0 radical (unpaired) electrons. The number of rotatable bonds is 6. The van der Waals surface area contributed by atoms with Crippen LogP contribution in [0.4, 0.5) is 4.79 Å². The molecule has 0 aromatic heterocycles. The van der Waals surface area contributed by atoms with Crippen molar-refractivity contribution in [3.05, 3.63) is 0 Å². The number of aliphatic hydroxyl groups excluding tert-OH is 1. The molecule has 0 bridgehead atoms. The fourth-order valence-corrected chi connectivity index (χ4v) is 2.08. The number of nitrogens with zero attached hydrogens (tertiary/aromatic N) is 1. The fraction of sp³-hybridized carbons (Fsp3) is 0.750. The number of piperidine rings is 1. The molecule has 1 unspecified atom stereocenters. The number of carboxylic acids is 2. The SMILES string of the molecule is O=C(O)CCC(NC(=O)N1CCC(CO)CC1)C(=O)O. The van der Waals surface area contributed by atoms with Gasteiger partial charge in [-0.05, 0) is 25.2 Å². The summed E-state index contributed by atoms with van der Waals surface area (Å²) in [6, 6.07) is -1.70. The van der Waals surface area contributed by atoms with Crippen LogP contribution in [0.1, 0.15) is 25.7 Å². The third kappa shape index (κ3) is 5.04. The summed E-state index contributed by atoms with van der Waals surface area (Å²) < 4.78 is 0. The summed E-state index contributed by atoms with van der Waals surface area (Å²) in [7, 11) is 0. The number of carbonyl (C=O) groups excluding carboxylic acids is 1. The summed E-state index contributed by atoms with van der Waals surface area (Å²) in [4.78, 5) is 34.8. The highest BCUT2D eigenvalue weighted by Gasteiger charge is 2.26. The zero-order chi connectivity index (χ0) is 15.1. The molecule has 114 valence electrons. The van der Waals surface area contributed by atoms with Crippen LogP contribution in [0.15, 0.2) is 0 Å². The number of hydrogen-bond donors (Lipinski definition) is 4. The van der Waals surface area contributed by atoms with Gasteiger partial charge in [0.05, 0.1) is 0 Å². The Morgan fingerprint density at radius 2 is 1.80 bits per heavy atom. The molecule has 20 heavy (non-hydrogen) atoms. The van der Waals surface area contributed by atoms with E-state index in [1.54, 1.807) is 0 Å². The molecule has 1 fully saturated rings. The molecular formula is C12H20N2O6. The van der Waals surface area contributed by atoms with E-state index in [2.05, 4.69) is 5.32 Å². The molecule has 0 saturated carbocycles. The summed E-state index contributed by atoms with van der Waals surface area (Å²) in [6.07, 6.45) is 0.890. The van der Waals surface area contributed by atoms with Crippen molar-refractivity contribution in [3.63, 3.8) is 0 Å². The van der Waals surface area contributed by atoms with Gasteiger partial charge in [-0.25, -0.2) is 9.59 Å². The maximum Gasteiger partial charge on any atom is 0.326 e. The van der Waals surface area contributed by atoms with Gasteiger partial charge in [0.2, 0.25) is 0 Å². The van der Waals surface area contributed by atoms with Crippen molar-refractivity contribution in [1.29, 1.82) is 0 Å². The van der Waals surface area contributed by atoms with Gasteiger partial charge in [-0.15, -0.1) is 0 Å². The molecule has 0 aromatic carbocycles. The van der Waals surface area contributed by atoms with Crippen LogP contribution in [0.2, 0.25) is 0 Å². The van der Waals surface area contributed by atoms with Crippen LogP contribution in [-0.2, 0) is 9.59 Å². The van der Waals surface area contributed by atoms with Crippen molar-refractivity contribution in [3.8, 4) is 0 Å². The third-order valence-electron chi connectivity index (χ3n) is 3.40. The van der Waals surface area contributed by atoms with Gasteiger partial charge in [-0.2, -0.15) is 0 Å². The highest BCUT2D eigenvalue weighted by atomic mass is 16.4. The summed E-state index contributed by atoms with van der Waals surface area (Å²) in [6.45, 7) is 1.01. The number of urea groups is 1. The quantitative estimate of drug-likeness (QED) is 0.532. The second kappa shape index (κ2) is 7.68. The average Bonchev–Trinajstić information content (AvgIpc) is 2.42. The van der Waals surface area contributed by atoms with Crippen LogP contribution < -0.4 is 5.32 Å². The van der Waals surface area contributed by atoms with Crippen molar-refractivity contribution >= 4 is 18.0 Å². The average molecular weight is 288 g/mol. The molecule has 1 atom stereocenters. The Hall–Kier alpha value is -1.83. The topological polar surface area (TPSA) is 127 Å². The smallest absolute Gasteiger partial charge is 0.326 e. The molecule has 1 aliphatic rings. The summed E-state index contributed by atoms with van der Waals surface area (Å²) >= 11 is 0. The lowest BCUT2D eigenvalue weighted by Crippen LogP contribution is -2.50. The lowest BCUT2D eigenvalue weighted by Gasteiger charge is -2.32. The van der Waals surface area contributed by atoms with E-state index in [0.717, 1.165) is 0 Å². The second-order valence-electron chi connectivity index (χ2n) is 4.89. The molecule has 8 nitrogen and oxygen atoms in total. The van der Waals surface area contributed by atoms with Crippen molar-refractivity contribution in [2.75, 3.05) is 19.7 Å². The van der Waals surface area contributed by atoms with Crippen molar-refractivity contribution < 1.29 is 29.7 Å². The highest BCUT2D eigenvalue weighted by molar-refractivity contribution is 5.83. The van der Waals surface area contributed by atoms with E-state index in [9.17, 15) is 14.4 Å². The zero-order valence-corrected chi connectivity index (χ0v) is 11.1. The number of amides is 2. The maximum absolute atomic E-state index is 11.9. The van der Waals surface area contributed by atoms with Gasteiger partial charge >= 0.3 is 18.0 Å². The number of aliphatic hydroxyl groups is 1. The first-order valence-electron chi connectivity index (χ1n) is 6.55. The monoisotopic (exact) mass is 288 g/mol. The van der Waals surface area contributed by atoms with Crippen molar-refractivity contribution in [2.45, 2.75) is 31.7 Å². The molecule has 1 rings (SSSR count). The number of aliphatic carboxylic acids is 2. The van der Waals surface area contributed by atoms with E-state index in [4.69, 9.17) is 15.3 Å². The molecule has 8 heteroatoms. The molecule has 1 saturated heterocycles. The number of hydrogen-bond acceptors (Lipinski definition) is 4. The summed E-state index contributed by atoms with van der Waals surface area (Å²) in [5, 5.41) is 28.8. The zero-order valence-electron chi connectivity index (χ0n) is 11.1. The van der Waals surface area contributed by atoms with Gasteiger partial charge in [0.1, 0.15) is 6.04 Å². The standard InChI is InChI=1S/C12H20N2O6/c15-7-8-3-5-14(6-4-8)12(20)13-9(11(18)19)1-2-10(16)17/h8-9,15H,1-7H2,(H,13,20)(H,16,17)(H,18,19). The number of nitrogens with one attached hydrogen (secondary N) is 1. The minimum Gasteiger partial charge on any atom is -0.481 e. The van der Waals surface area contributed by atoms with E-state index in [0.29, 0.717) is 25.9 Å². The first-order chi connectivity index (χ1) is 9.43. The minimum absolute atomic E-state index is 0.0891. The Balaban J connectivity index is 2.45. The molecule has 0 aromatic rings. The normalized spacial score (nSPS) is 17.6. The van der Waals surface area contributed by atoms with E-state index in [1.807, 2.05) is 0 Å². The van der Waals surface area contributed by atoms with Gasteiger partial charge in [-0.3, -0.25) is 4.79 Å². The van der Waals surface area contributed by atoms with E-state index < -0.39 is 24.0 Å². The van der Waals surface area contributed by atoms with E-state index in [-0.39, 0.29) is 25.4 Å². The summed E-state index contributed by atoms with van der Waals surface area (Å²) in [5.41, 5.74) is 0. The van der Waals surface area contributed by atoms with Crippen LogP contribution in [-0.4, -0.2) is 63.9 Å². The lowest BCUT2D eigenvalue weighted by molar-refractivity contribution is -0.140. The van der Waals surface area contributed by atoms with Crippen molar-refractivity contribution in [2.24, 2.45) is 5.92 Å². The predicted molar refractivity (Wildman–Crippen MR) is 68.2 cm³/mol. The molecule has 0 spiro atoms. The fourth-order valence-electron chi connectivity index (χ4n) is 2.08. The second-order valence-corrected chi connectivity index (χ2v) is 4.89. The third-order valence-corrected chi connectivity index (χ3v) is 3.40. The van der Waals surface area contributed by atoms with Crippen LogP contribution in [0.5, 0.6) is 0 Å². The number of carboxylic acid groups (broad SMARTS) is 2. The van der Waals surface area contributed by atoms with Gasteiger partial charge in [0, 0.05) is 26.1 Å². The van der Waals surface area contributed by atoms with Crippen molar-refractivity contribution in [1.82, 2.24) is 10.2 Å². The van der Waals surface area contributed by atoms with Gasteiger partial charge in [0.15, 0.2) is 0 Å². The Morgan fingerprint density at radius 1 is 1.20 bits per heavy atom. The van der Waals surface area contributed by atoms with Gasteiger partial charge in [0.25, 0.3) is 0 Å². The predicted octanol–water partition coefficient (Wildman–Crippen LogP) is -0.282. The molecule has 2 amide bonds. The molecule has 1 aliphatic heterocycles. The molecule has 4 N–H and O–H groups in total. The minimum atomic E-state index is -1.25. The largest absolute Gasteiger partial charge is 0.481 e. The first-order valence-corrected chi connectivity index (χ1v) is 6.55. The Labute approximate surface area is 116 Å². The molecular weight excluding hydrogens is 268 g/mol. The lowest BCUT2D eigenvalue weighted by atomic mass is 9.98. The van der Waals surface area contributed by atoms with Gasteiger partial charge in [-0.1, -0.05) is 0 Å².